The van der Waals surface area contributed by atoms with Crippen LogP contribution in [0, 0.1) is 12.8 Å². The molecule has 3 N–H and O–H groups in total. The van der Waals surface area contributed by atoms with Gasteiger partial charge in [0, 0.05) is 28.8 Å². The lowest BCUT2D eigenvalue weighted by molar-refractivity contribution is -0.128. The summed E-state index contributed by atoms with van der Waals surface area (Å²) in [6.07, 6.45) is 1.68. The van der Waals surface area contributed by atoms with Gasteiger partial charge in [0.25, 0.3) is 0 Å². The first-order valence-electron chi connectivity index (χ1n) is 6.48. The Morgan fingerprint density at radius 2 is 2.22 bits per heavy atom. The molecule has 1 heterocycles. The molecule has 1 fully saturated rings. The van der Waals surface area contributed by atoms with Gasteiger partial charge < -0.3 is 11.1 Å². The largest absolute Gasteiger partial charge is 0.355 e. The van der Waals surface area contributed by atoms with E-state index in [1.165, 1.54) is 10.4 Å². The van der Waals surface area contributed by atoms with E-state index in [1.54, 1.807) is 11.3 Å². The lowest BCUT2D eigenvalue weighted by atomic mass is 9.80. The predicted octanol–water partition coefficient (Wildman–Crippen LogP) is 2.19. The van der Waals surface area contributed by atoms with E-state index in [2.05, 4.69) is 37.5 Å². The second-order valence-electron chi connectivity index (χ2n) is 5.96. The Morgan fingerprint density at radius 3 is 2.72 bits per heavy atom. The van der Waals surface area contributed by atoms with Gasteiger partial charge in [0.1, 0.15) is 0 Å². The summed E-state index contributed by atoms with van der Waals surface area (Å²) in [5.41, 5.74) is 7.02. The van der Waals surface area contributed by atoms with Crippen molar-refractivity contribution in [1.82, 2.24) is 5.32 Å². The van der Waals surface area contributed by atoms with E-state index in [9.17, 15) is 4.79 Å². The molecule has 0 spiro atoms. The number of nitrogens with two attached hydrogens (primary N) is 1. The Balaban J connectivity index is 1.89. The number of aryl methyl sites for hydroxylation is 1. The van der Waals surface area contributed by atoms with Crippen LogP contribution in [0.2, 0.25) is 0 Å². The first-order chi connectivity index (χ1) is 8.40. The fourth-order valence-corrected chi connectivity index (χ4v) is 3.53. The van der Waals surface area contributed by atoms with Crippen LogP contribution in [0.1, 0.15) is 37.1 Å². The van der Waals surface area contributed by atoms with Crippen molar-refractivity contribution in [1.29, 1.82) is 0 Å². The Kier molecular flexibility index (Phi) is 3.78. The van der Waals surface area contributed by atoms with Crippen molar-refractivity contribution in [3.8, 4) is 0 Å². The average molecular weight is 266 g/mol. The standard InChI is InChI=1S/C14H22N2OS/c1-9-4-5-18-12(9)14(2,3)8-16-13(17)10-6-11(15)7-10/h4-5,10-11H,6-8,15H2,1-3H3,(H,16,17). The minimum Gasteiger partial charge on any atom is -0.355 e. The quantitative estimate of drug-likeness (QED) is 0.877. The Hall–Kier alpha value is -0.870. The van der Waals surface area contributed by atoms with Crippen LogP contribution in [-0.4, -0.2) is 18.5 Å². The average Bonchev–Trinajstić information content (AvgIpc) is 2.69. The number of carbonyl (C=O) groups excluding carboxylic acids is 1. The second-order valence-corrected chi connectivity index (χ2v) is 6.88. The molecule has 2 rings (SSSR count). The summed E-state index contributed by atoms with van der Waals surface area (Å²) < 4.78 is 0. The number of amides is 1. The molecule has 0 aromatic carbocycles. The van der Waals surface area contributed by atoms with Gasteiger partial charge in [0.2, 0.25) is 5.91 Å². The molecule has 1 aliphatic carbocycles. The molecule has 0 atom stereocenters. The van der Waals surface area contributed by atoms with Crippen LogP contribution in [0.3, 0.4) is 0 Å². The van der Waals surface area contributed by atoms with Crippen LogP contribution in [0.25, 0.3) is 0 Å². The minimum atomic E-state index is -0.000225. The summed E-state index contributed by atoms with van der Waals surface area (Å²) in [7, 11) is 0. The highest BCUT2D eigenvalue weighted by Crippen LogP contribution is 2.31. The summed E-state index contributed by atoms with van der Waals surface area (Å²) in [6.45, 7) is 7.18. The van der Waals surface area contributed by atoms with Crippen LogP contribution in [-0.2, 0) is 10.2 Å². The SMILES string of the molecule is Cc1ccsc1C(C)(C)CNC(=O)C1CC(N)C1. The number of carbonyl (C=O) groups is 1. The van der Waals surface area contributed by atoms with Crippen molar-refractivity contribution in [3.05, 3.63) is 21.9 Å². The fraction of sp³-hybridized carbons (Fsp3) is 0.643. The molecule has 1 saturated carbocycles. The molecule has 3 nitrogen and oxygen atoms in total. The van der Waals surface area contributed by atoms with Crippen molar-refractivity contribution >= 4 is 17.2 Å². The second kappa shape index (κ2) is 5.02. The first kappa shape index (κ1) is 13.6. The minimum absolute atomic E-state index is 0.000225. The molecule has 1 aromatic rings. The zero-order valence-corrected chi connectivity index (χ0v) is 12.1. The molecule has 4 heteroatoms. The summed E-state index contributed by atoms with van der Waals surface area (Å²) in [5, 5.41) is 5.18. The van der Waals surface area contributed by atoms with E-state index in [-0.39, 0.29) is 23.3 Å². The number of thiophene rings is 1. The third kappa shape index (κ3) is 2.75. The van der Waals surface area contributed by atoms with E-state index in [4.69, 9.17) is 5.73 Å². The monoisotopic (exact) mass is 266 g/mol. The molecule has 0 aliphatic heterocycles. The third-order valence-electron chi connectivity index (χ3n) is 3.73. The maximum atomic E-state index is 11.9. The highest BCUT2D eigenvalue weighted by Gasteiger charge is 2.33. The number of hydrogen-bond donors (Lipinski definition) is 2. The van der Waals surface area contributed by atoms with Gasteiger partial charge in [0.05, 0.1) is 0 Å². The van der Waals surface area contributed by atoms with Crippen molar-refractivity contribution in [3.63, 3.8) is 0 Å². The van der Waals surface area contributed by atoms with Gasteiger partial charge >= 0.3 is 0 Å². The summed E-state index contributed by atoms with van der Waals surface area (Å²) >= 11 is 1.77. The maximum Gasteiger partial charge on any atom is 0.223 e. The van der Waals surface area contributed by atoms with Gasteiger partial charge in [-0.15, -0.1) is 11.3 Å². The van der Waals surface area contributed by atoms with E-state index < -0.39 is 0 Å². The van der Waals surface area contributed by atoms with Crippen molar-refractivity contribution in [2.24, 2.45) is 11.7 Å². The van der Waals surface area contributed by atoms with Crippen LogP contribution in [0.4, 0.5) is 0 Å². The maximum absolute atomic E-state index is 11.9. The molecule has 1 aliphatic rings. The summed E-state index contributed by atoms with van der Waals surface area (Å²) in [6, 6.07) is 2.36. The first-order valence-corrected chi connectivity index (χ1v) is 7.36. The normalized spacial score (nSPS) is 23.6. The number of nitrogens with one attached hydrogen (secondary N) is 1. The summed E-state index contributed by atoms with van der Waals surface area (Å²) in [5.74, 6) is 0.305. The van der Waals surface area contributed by atoms with Gasteiger partial charge in [-0.3, -0.25) is 4.79 Å². The molecule has 0 bridgehead atoms. The van der Waals surface area contributed by atoms with Crippen LogP contribution < -0.4 is 11.1 Å². The van der Waals surface area contributed by atoms with Crippen LogP contribution in [0.5, 0.6) is 0 Å². The van der Waals surface area contributed by atoms with E-state index in [0.29, 0.717) is 6.54 Å². The molecule has 18 heavy (non-hydrogen) atoms. The number of hydrogen-bond acceptors (Lipinski definition) is 3. The molecule has 1 amide bonds. The highest BCUT2D eigenvalue weighted by molar-refractivity contribution is 7.10. The number of rotatable bonds is 4. The van der Waals surface area contributed by atoms with Crippen molar-refractivity contribution in [2.45, 2.75) is 45.1 Å². The molecular weight excluding hydrogens is 244 g/mol. The fourth-order valence-electron chi connectivity index (χ4n) is 2.47. The lowest BCUT2D eigenvalue weighted by Gasteiger charge is -2.33. The van der Waals surface area contributed by atoms with Gasteiger partial charge in [-0.2, -0.15) is 0 Å². The van der Waals surface area contributed by atoms with Crippen molar-refractivity contribution in [2.75, 3.05) is 6.54 Å². The molecule has 100 valence electrons. The smallest absolute Gasteiger partial charge is 0.223 e. The molecule has 1 aromatic heterocycles. The van der Waals surface area contributed by atoms with E-state index >= 15 is 0 Å². The molecular formula is C14H22N2OS. The van der Waals surface area contributed by atoms with Crippen LogP contribution in [0.15, 0.2) is 11.4 Å². The van der Waals surface area contributed by atoms with Crippen molar-refractivity contribution < 1.29 is 4.79 Å². The Labute approximate surface area is 113 Å². The molecule has 0 unspecified atom stereocenters. The molecule has 0 saturated heterocycles. The third-order valence-corrected chi connectivity index (χ3v) is 5.11. The Morgan fingerprint density at radius 1 is 1.56 bits per heavy atom. The van der Waals surface area contributed by atoms with Gasteiger partial charge in [-0.1, -0.05) is 13.8 Å². The van der Waals surface area contributed by atoms with E-state index in [1.807, 2.05) is 0 Å². The Bertz CT molecular complexity index is 433. The topological polar surface area (TPSA) is 55.1 Å². The van der Waals surface area contributed by atoms with Crippen LogP contribution >= 0.6 is 11.3 Å². The van der Waals surface area contributed by atoms with E-state index in [0.717, 1.165) is 12.8 Å². The van der Waals surface area contributed by atoms with Gasteiger partial charge in [-0.05, 0) is 36.8 Å². The lowest BCUT2D eigenvalue weighted by Crippen LogP contribution is -2.47. The zero-order valence-electron chi connectivity index (χ0n) is 11.3. The molecule has 0 radical (unpaired) electrons. The zero-order chi connectivity index (χ0) is 13.3. The summed E-state index contributed by atoms with van der Waals surface area (Å²) in [4.78, 5) is 13.3. The van der Waals surface area contributed by atoms with Gasteiger partial charge in [0.15, 0.2) is 0 Å². The highest BCUT2D eigenvalue weighted by atomic mass is 32.1. The van der Waals surface area contributed by atoms with Gasteiger partial charge in [-0.25, -0.2) is 0 Å². The predicted molar refractivity (Wildman–Crippen MR) is 75.8 cm³/mol.